The molecule has 2 rings (SSSR count). The van der Waals surface area contributed by atoms with Gasteiger partial charge in [0.15, 0.2) is 6.61 Å². The van der Waals surface area contributed by atoms with Crippen molar-refractivity contribution < 1.29 is 14.3 Å². The Kier molecular flexibility index (Phi) is 5.29. The average Bonchev–Trinajstić information content (AvgIpc) is 2.43. The SMILES string of the molecule is CCCCSCC(=O)Nc1ccc2c(c1)NC(=O)CO2. The molecule has 108 valence electrons. The van der Waals surface area contributed by atoms with Crippen molar-refractivity contribution in [3.05, 3.63) is 18.2 Å². The van der Waals surface area contributed by atoms with Gasteiger partial charge in [0, 0.05) is 5.69 Å². The summed E-state index contributed by atoms with van der Waals surface area (Å²) >= 11 is 1.63. The van der Waals surface area contributed by atoms with Crippen LogP contribution in [0.2, 0.25) is 0 Å². The number of carbonyl (C=O) groups is 2. The molecule has 20 heavy (non-hydrogen) atoms. The van der Waals surface area contributed by atoms with Crippen LogP contribution in [-0.4, -0.2) is 29.9 Å². The zero-order valence-corrected chi connectivity index (χ0v) is 12.2. The molecule has 0 saturated heterocycles. The lowest BCUT2D eigenvalue weighted by atomic mass is 10.2. The number of rotatable bonds is 6. The summed E-state index contributed by atoms with van der Waals surface area (Å²) in [5.41, 5.74) is 1.26. The summed E-state index contributed by atoms with van der Waals surface area (Å²) in [6.07, 6.45) is 2.26. The van der Waals surface area contributed by atoms with Gasteiger partial charge in [-0.2, -0.15) is 11.8 Å². The number of ether oxygens (including phenoxy) is 1. The zero-order chi connectivity index (χ0) is 14.4. The molecule has 1 heterocycles. The molecule has 1 aromatic rings. The van der Waals surface area contributed by atoms with E-state index in [2.05, 4.69) is 17.6 Å². The maximum Gasteiger partial charge on any atom is 0.262 e. The highest BCUT2D eigenvalue weighted by Crippen LogP contribution is 2.30. The van der Waals surface area contributed by atoms with E-state index in [0.717, 1.165) is 18.6 Å². The first-order valence-electron chi connectivity index (χ1n) is 6.63. The quantitative estimate of drug-likeness (QED) is 0.791. The van der Waals surface area contributed by atoms with Crippen LogP contribution in [0.15, 0.2) is 18.2 Å². The smallest absolute Gasteiger partial charge is 0.262 e. The van der Waals surface area contributed by atoms with E-state index in [9.17, 15) is 9.59 Å². The first-order chi connectivity index (χ1) is 9.69. The first-order valence-corrected chi connectivity index (χ1v) is 7.79. The van der Waals surface area contributed by atoms with E-state index >= 15 is 0 Å². The molecular formula is C14H18N2O3S. The molecule has 0 aromatic heterocycles. The second-order valence-corrected chi connectivity index (χ2v) is 5.61. The molecule has 0 fully saturated rings. The molecule has 0 unspecified atom stereocenters. The normalized spacial score (nSPS) is 13.2. The number of hydrogen-bond acceptors (Lipinski definition) is 4. The maximum absolute atomic E-state index is 11.8. The summed E-state index contributed by atoms with van der Waals surface area (Å²) < 4.78 is 5.26. The van der Waals surface area contributed by atoms with Crippen molar-refractivity contribution in [1.29, 1.82) is 0 Å². The van der Waals surface area contributed by atoms with Crippen LogP contribution < -0.4 is 15.4 Å². The van der Waals surface area contributed by atoms with Gasteiger partial charge in [0.25, 0.3) is 5.91 Å². The van der Waals surface area contributed by atoms with Crippen LogP contribution in [0.3, 0.4) is 0 Å². The van der Waals surface area contributed by atoms with Gasteiger partial charge in [0.2, 0.25) is 5.91 Å². The van der Waals surface area contributed by atoms with Gasteiger partial charge in [-0.1, -0.05) is 13.3 Å². The van der Waals surface area contributed by atoms with Gasteiger partial charge in [-0.3, -0.25) is 9.59 Å². The standard InChI is InChI=1S/C14H18N2O3S/c1-2-3-6-20-9-14(18)15-10-4-5-12-11(7-10)16-13(17)8-19-12/h4-5,7H,2-3,6,8-9H2,1H3,(H,15,18)(H,16,17). The summed E-state index contributed by atoms with van der Waals surface area (Å²) in [6.45, 7) is 2.16. The average molecular weight is 294 g/mol. The molecule has 6 heteroatoms. The molecular weight excluding hydrogens is 276 g/mol. The number of unbranched alkanes of at least 4 members (excludes halogenated alkanes) is 1. The number of hydrogen-bond donors (Lipinski definition) is 2. The summed E-state index contributed by atoms with van der Waals surface area (Å²) in [5, 5.41) is 5.53. The molecule has 1 aromatic carbocycles. The monoisotopic (exact) mass is 294 g/mol. The van der Waals surface area contributed by atoms with Crippen LogP contribution in [0.25, 0.3) is 0 Å². The molecule has 1 aliphatic rings. The number of fused-ring (bicyclic) bond motifs is 1. The van der Waals surface area contributed by atoms with Crippen molar-refractivity contribution in [3.63, 3.8) is 0 Å². The Bertz CT molecular complexity index is 505. The van der Waals surface area contributed by atoms with E-state index in [-0.39, 0.29) is 18.4 Å². The largest absolute Gasteiger partial charge is 0.482 e. The molecule has 0 saturated carbocycles. The van der Waals surface area contributed by atoms with Crippen molar-refractivity contribution >= 4 is 35.0 Å². The lowest BCUT2D eigenvalue weighted by Gasteiger charge is -2.18. The third-order valence-electron chi connectivity index (χ3n) is 2.77. The van der Waals surface area contributed by atoms with Crippen molar-refractivity contribution in [2.75, 3.05) is 28.7 Å². The Hall–Kier alpha value is -1.69. The van der Waals surface area contributed by atoms with Crippen LogP contribution in [0.5, 0.6) is 5.75 Å². The highest BCUT2D eigenvalue weighted by molar-refractivity contribution is 7.99. The van der Waals surface area contributed by atoms with E-state index in [1.54, 1.807) is 30.0 Å². The molecule has 2 amide bonds. The van der Waals surface area contributed by atoms with E-state index in [0.29, 0.717) is 22.9 Å². The van der Waals surface area contributed by atoms with Crippen LogP contribution in [0.1, 0.15) is 19.8 Å². The summed E-state index contributed by atoms with van der Waals surface area (Å²) in [4.78, 5) is 23.0. The fourth-order valence-corrected chi connectivity index (χ4v) is 2.66. The lowest BCUT2D eigenvalue weighted by molar-refractivity contribution is -0.118. The molecule has 1 aliphatic heterocycles. The number of amides is 2. The van der Waals surface area contributed by atoms with Gasteiger partial charge < -0.3 is 15.4 Å². The predicted octanol–water partition coefficient (Wildman–Crippen LogP) is 2.49. The number of thioether (sulfide) groups is 1. The van der Waals surface area contributed by atoms with Crippen LogP contribution in [0, 0.1) is 0 Å². The van der Waals surface area contributed by atoms with E-state index in [1.807, 2.05) is 0 Å². The van der Waals surface area contributed by atoms with Gasteiger partial charge in [-0.15, -0.1) is 0 Å². The molecule has 0 aliphatic carbocycles. The molecule has 0 bridgehead atoms. The highest BCUT2D eigenvalue weighted by atomic mass is 32.2. The van der Waals surface area contributed by atoms with Crippen molar-refractivity contribution in [3.8, 4) is 5.75 Å². The number of benzene rings is 1. The minimum Gasteiger partial charge on any atom is -0.482 e. The minimum atomic E-state index is -0.184. The molecule has 0 atom stereocenters. The Morgan fingerprint density at radius 2 is 2.35 bits per heavy atom. The number of nitrogens with one attached hydrogen (secondary N) is 2. The predicted molar refractivity (Wildman–Crippen MR) is 81.4 cm³/mol. The maximum atomic E-state index is 11.8. The molecule has 0 spiro atoms. The van der Waals surface area contributed by atoms with Gasteiger partial charge >= 0.3 is 0 Å². The fraction of sp³-hybridized carbons (Fsp3) is 0.429. The Morgan fingerprint density at radius 3 is 3.15 bits per heavy atom. The Morgan fingerprint density at radius 1 is 1.50 bits per heavy atom. The number of anilines is 2. The molecule has 0 radical (unpaired) electrons. The third kappa shape index (κ3) is 4.16. The van der Waals surface area contributed by atoms with Crippen molar-refractivity contribution in [2.45, 2.75) is 19.8 Å². The topological polar surface area (TPSA) is 67.4 Å². The minimum absolute atomic E-state index is 0.0332. The fourth-order valence-electron chi connectivity index (χ4n) is 1.77. The van der Waals surface area contributed by atoms with Crippen molar-refractivity contribution in [2.24, 2.45) is 0 Å². The van der Waals surface area contributed by atoms with Crippen LogP contribution in [-0.2, 0) is 9.59 Å². The highest BCUT2D eigenvalue weighted by Gasteiger charge is 2.16. The van der Waals surface area contributed by atoms with Gasteiger partial charge in [-0.05, 0) is 30.4 Å². The lowest BCUT2D eigenvalue weighted by Crippen LogP contribution is -2.25. The van der Waals surface area contributed by atoms with Crippen LogP contribution >= 0.6 is 11.8 Å². The summed E-state index contributed by atoms with van der Waals surface area (Å²) in [7, 11) is 0. The van der Waals surface area contributed by atoms with Gasteiger partial charge in [0.05, 0.1) is 11.4 Å². The molecule has 2 N–H and O–H groups in total. The van der Waals surface area contributed by atoms with E-state index in [1.165, 1.54) is 0 Å². The van der Waals surface area contributed by atoms with E-state index < -0.39 is 0 Å². The van der Waals surface area contributed by atoms with E-state index in [4.69, 9.17) is 4.74 Å². The Labute approximate surface area is 122 Å². The van der Waals surface area contributed by atoms with Crippen molar-refractivity contribution in [1.82, 2.24) is 0 Å². The van der Waals surface area contributed by atoms with Gasteiger partial charge in [0.1, 0.15) is 5.75 Å². The summed E-state index contributed by atoms with van der Waals surface area (Å²) in [5.74, 6) is 1.85. The van der Waals surface area contributed by atoms with Gasteiger partial charge in [-0.25, -0.2) is 0 Å². The van der Waals surface area contributed by atoms with Crippen LogP contribution in [0.4, 0.5) is 11.4 Å². The Balaban J connectivity index is 1.88. The third-order valence-corrected chi connectivity index (χ3v) is 3.82. The summed E-state index contributed by atoms with van der Waals surface area (Å²) in [6, 6.07) is 5.22. The number of carbonyl (C=O) groups excluding carboxylic acids is 2. The molecule has 5 nitrogen and oxygen atoms in total. The zero-order valence-electron chi connectivity index (χ0n) is 11.4. The first kappa shape index (κ1) is 14.7. The second-order valence-electron chi connectivity index (χ2n) is 4.50. The second kappa shape index (κ2) is 7.19.